The zero-order valence-corrected chi connectivity index (χ0v) is 15.8. The van der Waals surface area contributed by atoms with Gasteiger partial charge in [0.1, 0.15) is 10.6 Å². The number of nitrogens with zero attached hydrogens (tertiary/aromatic N) is 2. The van der Waals surface area contributed by atoms with Crippen LogP contribution in [0.4, 0.5) is 0 Å². The Morgan fingerprint density at radius 2 is 2.12 bits per heavy atom. The van der Waals surface area contributed by atoms with E-state index in [1.807, 2.05) is 24.1 Å². The van der Waals surface area contributed by atoms with E-state index in [9.17, 15) is 9.59 Å². The lowest BCUT2D eigenvalue weighted by atomic mass is 9.89. The molecule has 2 aliphatic rings. The number of thiazole rings is 1. The Bertz CT molecular complexity index is 646. The third-order valence-electron chi connectivity index (χ3n) is 4.79. The van der Waals surface area contributed by atoms with Crippen molar-refractivity contribution in [1.82, 2.24) is 9.88 Å². The molecule has 6 heteroatoms. The van der Waals surface area contributed by atoms with Gasteiger partial charge in [0.2, 0.25) is 0 Å². The topological polar surface area (TPSA) is 59.5 Å². The average Bonchev–Trinajstić information content (AvgIpc) is 3.06. The van der Waals surface area contributed by atoms with E-state index in [1.54, 1.807) is 17.5 Å². The van der Waals surface area contributed by atoms with Crippen LogP contribution in [0.3, 0.4) is 0 Å². The lowest BCUT2D eigenvalue weighted by molar-refractivity contribution is -0.139. The minimum atomic E-state index is -0.630. The first-order chi connectivity index (χ1) is 11.9. The van der Waals surface area contributed by atoms with E-state index in [1.165, 1.54) is 25.3 Å². The molecule has 3 rings (SSSR count). The van der Waals surface area contributed by atoms with Crippen LogP contribution in [-0.2, 0) is 20.9 Å². The van der Waals surface area contributed by atoms with E-state index in [0.29, 0.717) is 25.4 Å². The van der Waals surface area contributed by atoms with Crippen LogP contribution in [-0.4, -0.2) is 33.7 Å². The maximum absolute atomic E-state index is 13.1. The molecule has 1 aliphatic heterocycles. The molecular formula is C19H26N2O3S. The highest BCUT2D eigenvalue weighted by Gasteiger charge is 2.34. The summed E-state index contributed by atoms with van der Waals surface area (Å²) in [6, 6.07) is 0. The first-order valence-corrected chi connectivity index (χ1v) is 9.92. The average molecular weight is 362 g/mol. The van der Waals surface area contributed by atoms with Gasteiger partial charge in [-0.1, -0.05) is 19.3 Å². The molecule has 0 bridgehead atoms. The Kier molecular flexibility index (Phi) is 5.57. The molecule has 5 nitrogen and oxygen atoms in total. The van der Waals surface area contributed by atoms with Crippen LogP contribution >= 0.6 is 11.3 Å². The molecule has 1 aromatic heterocycles. The Labute approximate surface area is 153 Å². The highest BCUT2D eigenvalue weighted by Crippen LogP contribution is 2.29. The quantitative estimate of drug-likeness (QED) is 0.801. The van der Waals surface area contributed by atoms with Crippen molar-refractivity contribution in [2.75, 3.05) is 6.54 Å². The largest absolute Gasteiger partial charge is 0.481 e. The standard InChI is InChI=1S/C19H26N2O3S/c1-19(2)11-15(22)10-16(24-19)18(23)21(13-17-20-8-9-25-17)12-14-6-4-3-5-7-14/h8-10,14H,3-7,11-13H2,1-2H3. The highest BCUT2D eigenvalue weighted by atomic mass is 32.1. The summed E-state index contributed by atoms with van der Waals surface area (Å²) in [5.74, 6) is 0.451. The summed E-state index contributed by atoms with van der Waals surface area (Å²) >= 11 is 1.55. The fraction of sp³-hybridized carbons (Fsp3) is 0.632. The molecule has 0 radical (unpaired) electrons. The number of hydrogen-bond donors (Lipinski definition) is 0. The Morgan fingerprint density at radius 3 is 2.76 bits per heavy atom. The SMILES string of the molecule is CC1(C)CC(=O)C=C(C(=O)N(Cc2nccs2)CC2CCCCC2)O1. The fourth-order valence-corrected chi connectivity index (χ4v) is 4.27. The summed E-state index contributed by atoms with van der Waals surface area (Å²) in [6.45, 7) is 4.87. The van der Waals surface area contributed by atoms with Crippen molar-refractivity contribution in [2.24, 2.45) is 5.92 Å². The van der Waals surface area contributed by atoms with Crippen LogP contribution in [0.5, 0.6) is 0 Å². The summed E-state index contributed by atoms with van der Waals surface area (Å²) in [6.07, 6.45) is 9.49. The summed E-state index contributed by atoms with van der Waals surface area (Å²) in [7, 11) is 0. The number of allylic oxidation sites excluding steroid dienone is 1. The minimum absolute atomic E-state index is 0.0496. The lowest BCUT2D eigenvalue weighted by Crippen LogP contribution is -2.41. The van der Waals surface area contributed by atoms with Gasteiger partial charge >= 0.3 is 0 Å². The predicted molar refractivity (Wildman–Crippen MR) is 97.0 cm³/mol. The van der Waals surface area contributed by atoms with Crippen molar-refractivity contribution < 1.29 is 14.3 Å². The molecule has 0 N–H and O–H groups in total. The van der Waals surface area contributed by atoms with Gasteiger partial charge in [-0.3, -0.25) is 9.59 Å². The maximum atomic E-state index is 13.1. The Morgan fingerprint density at radius 1 is 1.36 bits per heavy atom. The number of carbonyl (C=O) groups is 2. The van der Waals surface area contributed by atoms with Gasteiger partial charge in [-0.15, -0.1) is 11.3 Å². The molecule has 1 amide bonds. The van der Waals surface area contributed by atoms with Crippen molar-refractivity contribution in [3.63, 3.8) is 0 Å². The zero-order valence-electron chi connectivity index (χ0n) is 15.0. The number of amides is 1. The van der Waals surface area contributed by atoms with Gasteiger partial charge < -0.3 is 9.64 Å². The molecule has 0 unspecified atom stereocenters. The molecule has 1 saturated carbocycles. The second-order valence-electron chi connectivity index (χ2n) is 7.63. The predicted octanol–water partition coefficient (Wildman–Crippen LogP) is 3.70. The van der Waals surface area contributed by atoms with E-state index in [2.05, 4.69) is 4.98 Å². The van der Waals surface area contributed by atoms with Crippen LogP contribution in [0.25, 0.3) is 0 Å². The molecule has 0 atom stereocenters. The third-order valence-corrected chi connectivity index (χ3v) is 5.55. The summed E-state index contributed by atoms with van der Waals surface area (Å²) in [5, 5.41) is 2.83. The highest BCUT2D eigenvalue weighted by molar-refractivity contribution is 7.09. The van der Waals surface area contributed by atoms with Gasteiger partial charge in [-0.05, 0) is 32.6 Å². The number of carbonyl (C=O) groups excluding carboxylic acids is 2. The van der Waals surface area contributed by atoms with Crippen molar-refractivity contribution in [3.8, 4) is 0 Å². The molecule has 2 heterocycles. The van der Waals surface area contributed by atoms with E-state index in [0.717, 1.165) is 17.8 Å². The zero-order chi connectivity index (χ0) is 17.9. The van der Waals surface area contributed by atoms with Crippen LogP contribution in [0.2, 0.25) is 0 Å². The smallest absolute Gasteiger partial charge is 0.289 e. The van der Waals surface area contributed by atoms with Gasteiger partial charge in [-0.2, -0.15) is 0 Å². The van der Waals surface area contributed by atoms with Crippen molar-refractivity contribution >= 4 is 23.0 Å². The molecule has 1 aliphatic carbocycles. The van der Waals surface area contributed by atoms with Crippen molar-refractivity contribution in [3.05, 3.63) is 28.4 Å². The molecule has 0 aromatic carbocycles. The van der Waals surface area contributed by atoms with Crippen molar-refractivity contribution in [1.29, 1.82) is 0 Å². The van der Waals surface area contributed by atoms with E-state index < -0.39 is 5.60 Å². The fourth-order valence-electron chi connectivity index (χ4n) is 3.64. The molecule has 25 heavy (non-hydrogen) atoms. The summed E-state index contributed by atoms with van der Waals surface area (Å²) in [4.78, 5) is 31.2. The Balaban J connectivity index is 1.77. The number of hydrogen-bond acceptors (Lipinski definition) is 5. The van der Waals surface area contributed by atoms with Gasteiger partial charge in [0.25, 0.3) is 5.91 Å². The lowest BCUT2D eigenvalue weighted by Gasteiger charge is -2.34. The molecule has 0 spiro atoms. The van der Waals surface area contributed by atoms with Gasteiger partial charge in [0, 0.05) is 30.6 Å². The molecule has 1 fully saturated rings. The monoisotopic (exact) mass is 362 g/mol. The summed E-state index contributed by atoms with van der Waals surface area (Å²) in [5.41, 5.74) is -0.630. The maximum Gasteiger partial charge on any atom is 0.289 e. The summed E-state index contributed by atoms with van der Waals surface area (Å²) < 4.78 is 5.83. The van der Waals surface area contributed by atoms with E-state index >= 15 is 0 Å². The molecular weight excluding hydrogens is 336 g/mol. The van der Waals surface area contributed by atoms with Crippen LogP contribution in [0.15, 0.2) is 23.4 Å². The van der Waals surface area contributed by atoms with Gasteiger partial charge in [0.15, 0.2) is 11.5 Å². The van der Waals surface area contributed by atoms with E-state index in [4.69, 9.17) is 4.74 Å². The molecule has 0 saturated heterocycles. The van der Waals surface area contributed by atoms with Crippen LogP contribution in [0.1, 0.15) is 57.4 Å². The first-order valence-electron chi connectivity index (χ1n) is 9.04. The molecule has 136 valence electrons. The minimum Gasteiger partial charge on any atom is -0.481 e. The van der Waals surface area contributed by atoms with Gasteiger partial charge in [0.05, 0.1) is 6.54 Å². The second kappa shape index (κ2) is 7.68. The van der Waals surface area contributed by atoms with Gasteiger partial charge in [-0.25, -0.2) is 4.98 Å². The third kappa shape index (κ3) is 4.91. The Hall–Kier alpha value is -1.69. The first kappa shape index (κ1) is 18.1. The second-order valence-corrected chi connectivity index (χ2v) is 8.61. The normalized spacial score (nSPS) is 20.7. The van der Waals surface area contributed by atoms with E-state index in [-0.39, 0.29) is 17.4 Å². The van der Waals surface area contributed by atoms with Crippen molar-refractivity contribution in [2.45, 2.75) is 64.5 Å². The number of ether oxygens (including phenoxy) is 1. The number of ketones is 1. The van der Waals surface area contributed by atoms with Crippen LogP contribution < -0.4 is 0 Å². The molecule has 1 aromatic rings. The number of aromatic nitrogens is 1. The van der Waals surface area contributed by atoms with Crippen LogP contribution in [0, 0.1) is 5.92 Å². The number of rotatable bonds is 5.